The SMILES string of the molecule is Cn1ccnc1SCC(=O)Nc1cnccc1Oc1ccccc1. The molecule has 1 aromatic carbocycles. The highest BCUT2D eigenvalue weighted by atomic mass is 32.2. The van der Waals surface area contributed by atoms with E-state index in [-0.39, 0.29) is 11.7 Å². The highest BCUT2D eigenvalue weighted by molar-refractivity contribution is 7.99. The van der Waals surface area contributed by atoms with Crippen molar-refractivity contribution >= 4 is 23.4 Å². The van der Waals surface area contributed by atoms with Crippen LogP contribution < -0.4 is 10.1 Å². The maximum absolute atomic E-state index is 12.2. The third-order valence-corrected chi connectivity index (χ3v) is 4.19. The number of para-hydroxylation sites is 1. The predicted octanol–water partition coefficient (Wildman–Crippen LogP) is 3.34. The van der Waals surface area contributed by atoms with Gasteiger partial charge in [0.2, 0.25) is 5.91 Å². The fraction of sp³-hybridized carbons (Fsp3) is 0.118. The first-order chi connectivity index (χ1) is 11.7. The summed E-state index contributed by atoms with van der Waals surface area (Å²) in [5.74, 6) is 1.35. The van der Waals surface area contributed by atoms with Crippen molar-refractivity contribution in [3.8, 4) is 11.5 Å². The number of anilines is 1. The molecule has 2 heterocycles. The van der Waals surface area contributed by atoms with Gasteiger partial charge in [-0.2, -0.15) is 0 Å². The second kappa shape index (κ2) is 7.65. The number of pyridine rings is 1. The molecular formula is C17H16N4O2S. The molecular weight excluding hydrogens is 324 g/mol. The van der Waals surface area contributed by atoms with Crippen LogP contribution in [0.3, 0.4) is 0 Å². The number of hydrogen-bond acceptors (Lipinski definition) is 5. The summed E-state index contributed by atoms with van der Waals surface area (Å²) in [5.41, 5.74) is 0.534. The predicted molar refractivity (Wildman–Crippen MR) is 93.3 cm³/mol. The number of nitrogens with zero attached hydrogens (tertiary/aromatic N) is 3. The molecule has 0 saturated heterocycles. The van der Waals surface area contributed by atoms with Gasteiger partial charge in [-0.3, -0.25) is 9.78 Å². The second-order valence-corrected chi connectivity index (χ2v) is 5.89. The number of nitrogens with one attached hydrogen (secondary N) is 1. The van der Waals surface area contributed by atoms with Gasteiger partial charge in [0, 0.05) is 31.7 Å². The van der Waals surface area contributed by atoms with Gasteiger partial charge >= 0.3 is 0 Å². The van der Waals surface area contributed by atoms with Crippen LogP contribution in [0.2, 0.25) is 0 Å². The van der Waals surface area contributed by atoms with E-state index < -0.39 is 0 Å². The summed E-state index contributed by atoms with van der Waals surface area (Å²) in [6.07, 6.45) is 6.73. The Balaban J connectivity index is 1.64. The molecule has 7 heteroatoms. The summed E-state index contributed by atoms with van der Waals surface area (Å²) in [4.78, 5) is 20.4. The molecule has 0 radical (unpaired) electrons. The molecule has 0 saturated carbocycles. The third kappa shape index (κ3) is 4.14. The van der Waals surface area contributed by atoms with E-state index in [2.05, 4.69) is 15.3 Å². The molecule has 1 amide bonds. The average Bonchev–Trinajstić information content (AvgIpc) is 3.01. The number of ether oxygens (including phenoxy) is 1. The number of amides is 1. The number of carbonyl (C=O) groups excluding carboxylic acids is 1. The second-order valence-electron chi connectivity index (χ2n) is 4.94. The Morgan fingerprint density at radius 2 is 2.08 bits per heavy atom. The van der Waals surface area contributed by atoms with Crippen molar-refractivity contribution in [2.45, 2.75) is 5.16 Å². The summed E-state index contributed by atoms with van der Waals surface area (Å²) < 4.78 is 7.67. The van der Waals surface area contributed by atoms with E-state index in [1.165, 1.54) is 11.8 Å². The number of imidazole rings is 1. The van der Waals surface area contributed by atoms with Gasteiger partial charge in [0.25, 0.3) is 0 Å². The van der Waals surface area contributed by atoms with Crippen LogP contribution in [-0.2, 0) is 11.8 Å². The van der Waals surface area contributed by atoms with Gasteiger partial charge in [-0.1, -0.05) is 30.0 Å². The summed E-state index contributed by atoms with van der Waals surface area (Å²) in [6.45, 7) is 0. The first-order valence-electron chi connectivity index (χ1n) is 7.29. The van der Waals surface area contributed by atoms with E-state index >= 15 is 0 Å². The number of aromatic nitrogens is 3. The molecule has 0 unspecified atom stereocenters. The number of rotatable bonds is 6. The Kier molecular flexibility index (Phi) is 5.12. The lowest BCUT2D eigenvalue weighted by Gasteiger charge is -2.11. The van der Waals surface area contributed by atoms with Crippen molar-refractivity contribution in [2.24, 2.45) is 7.05 Å². The monoisotopic (exact) mass is 340 g/mol. The highest BCUT2D eigenvalue weighted by Crippen LogP contribution is 2.28. The normalized spacial score (nSPS) is 10.4. The number of thioether (sulfide) groups is 1. The first kappa shape index (κ1) is 16.1. The summed E-state index contributed by atoms with van der Waals surface area (Å²) in [6, 6.07) is 11.1. The summed E-state index contributed by atoms with van der Waals surface area (Å²) in [5, 5.41) is 3.62. The van der Waals surface area contributed by atoms with Gasteiger partial charge in [-0.05, 0) is 12.1 Å². The number of hydrogen-bond donors (Lipinski definition) is 1. The van der Waals surface area contributed by atoms with E-state index in [0.29, 0.717) is 17.2 Å². The minimum Gasteiger partial charge on any atom is -0.455 e. The largest absolute Gasteiger partial charge is 0.455 e. The molecule has 0 atom stereocenters. The van der Waals surface area contributed by atoms with Crippen LogP contribution in [0.5, 0.6) is 11.5 Å². The lowest BCUT2D eigenvalue weighted by Crippen LogP contribution is -2.15. The number of benzene rings is 1. The Morgan fingerprint density at radius 1 is 1.25 bits per heavy atom. The van der Waals surface area contributed by atoms with Gasteiger partial charge in [0.15, 0.2) is 10.9 Å². The smallest absolute Gasteiger partial charge is 0.234 e. The first-order valence-corrected chi connectivity index (χ1v) is 8.28. The van der Waals surface area contributed by atoms with Crippen molar-refractivity contribution < 1.29 is 9.53 Å². The van der Waals surface area contributed by atoms with Crippen LogP contribution in [0.4, 0.5) is 5.69 Å². The van der Waals surface area contributed by atoms with Crippen LogP contribution >= 0.6 is 11.8 Å². The zero-order valence-corrected chi connectivity index (χ0v) is 13.9. The molecule has 3 rings (SSSR count). The van der Waals surface area contributed by atoms with Crippen molar-refractivity contribution in [3.05, 3.63) is 61.2 Å². The van der Waals surface area contributed by atoms with Crippen LogP contribution in [0.1, 0.15) is 0 Å². The minimum absolute atomic E-state index is 0.145. The summed E-state index contributed by atoms with van der Waals surface area (Å²) >= 11 is 1.37. The van der Waals surface area contributed by atoms with E-state index in [4.69, 9.17) is 4.74 Å². The standard InChI is InChI=1S/C17H16N4O2S/c1-21-10-9-19-17(21)24-12-16(22)20-14-11-18-8-7-15(14)23-13-5-3-2-4-6-13/h2-11H,12H2,1H3,(H,20,22). The van der Waals surface area contributed by atoms with E-state index in [9.17, 15) is 4.79 Å². The zero-order valence-electron chi connectivity index (χ0n) is 13.0. The van der Waals surface area contributed by atoms with E-state index in [1.54, 1.807) is 24.7 Å². The molecule has 0 fully saturated rings. The van der Waals surface area contributed by atoms with Crippen LogP contribution in [0, 0.1) is 0 Å². The topological polar surface area (TPSA) is 69.0 Å². The van der Waals surface area contributed by atoms with E-state index in [0.717, 1.165) is 5.16 Å². The maximum atomic E-state index is 12.2. The quantitative estimate of drug-likeness (QED) is 0.697. The van der Waals surface area contributed by atoms with Gasteiger partial charge in [0.05, 0.1) is 11.9 Å². The molecule has 3 aromatic rings. The van der Waals surface area contributed by atoms with Crippen molar-refractivity contribution in [1.29, 1.82) is 0 Å². The average molecular weight is 340 g/mol. The molecule has 0 bridgehead atoms. The van der Waals surface area contributed by atoms with E-state index in [1.807, 2.05) is 48.1 Å². The van der Waals surface area contributed by atoms with Crippen LogP contribution in [0.15, 0.2) is 66.3 Å². The van der Waals surface area contributed by atoms with Gasteiger partial charge in [-0.25, -0.2) is 4.98 Å². The number of aryl methyl sites for hydroxylation is 1. The molecule has 6 nitrogen and oxygen atoms in total. The third-order valence-electron chi connectivity index (χ3n) is 3.14. The Bertz CT molecular complexity index is 820. The van der Waals surface area contributed by atoms with Gasteiger partial charge in [0.1, 0.15) is 11.4 Å². The fourth-order valence-corrected chi connectivity index (χ4v) is 2.72. The molecule has 0 aliphatic carbocycles. The highest BCUT2D eigenvalue weighted by Gasteiger charge is 2.10. The Morgan fingerprint density at radius 3 is 2.83 bits per heavy atom. The molecule has 1 N–H and O–H groups in total. The van der Waals surface area contributed by atoms with Crippen LogP contribution in [0.25, 0.3) is 0 Å². The lowest BCUT2D eigenvalue weighted by molar-refractivity contribution is -0.113. The van der Waals surface area contributed by atoms with Crippen molar-refractivity contribution in [1.82, 2.24) is 14.5 Å². The number of carbonyl (C=O) groups is 1. The fourth-order valence-electron chi connectivity index (χ4n) is 1.99. The van der Waals surface area contributed by atoms with Gasteiger partial charge in [-0.15, -0.1) is 0 Å². The Labute approximate surface area is 143 Å². The molecule has 122 valence electrons. The summed E-state index contributed by atoms with van der Waals surface area (Å²) in [7, 11) is 1.89. The van der Waals surface area contributed by atoms with Crippen molar-refractivity contribution in [3.63, 3.8) is 0 Å². The van der Waals surface area contributed by atoms with Gasteiger partial charge < -0.3 is 14.6 Å². The molecule has 24 heavy (non-hydrogen) atoms. The minimum atomic E-state index is -0.145. The molecule has 0 spiro atoms. The van der Waals surface area contributed by atoms with Crippen molar-refractivity contribution in [2.75, 3.05) is 11.1 Å². The Hall–Kier alpha value is -2.80. The van der Waals surface area contributed by atoms with Crippen LogP contribution in [-0.4, -0.2) is 26.2 Å². The zero-order chi connectivity index (χ0) is 16.8. The molecule has 2 aromatic heterocycles. The molecule has 0 aliphatic heterocycles. The lowest BCUT2D eigenvalue weighted by atomic mass is 10.3. The molecule has 0 aliphatic rings. The maximum Gasteiger partial charge on any atom is 0.234 e.